The zero-order chi connectivity index (χ0) is 28.9. The van der Waals surface area contributed by atoms with Gasteiger partial charge in [0.15, 0.2) is 0 Å². The van der Waals surface area contributed by atoms with Crippen LogP contribution in [0.4, 0.5) is 0 Å². The number of hydrogen-bond acceptors (Lipinski definition) is 9. The molecule has 0 radical (unpaired) electrons. The number of nitrogens with zero attached hydrogens (tertiary/aromatic N) is 1. The van der Waals surface area contributed by atoms with E-state index in [9.17, 15) is 29.7 Å². The van der Waals surface area contributed by atoms with Crippen LogP contribution in [0.1, 0.15) is 31.4 Å². The van der Waals surface area contributed by atoms with Crippen molar-refractivity contribution in [1.82, 2.24) is 10.2 Å². The molecule has 39 heavy (non-hydrogen) atoms. The van der Waals surface area contributed by atoms with Crippen molar-refractivity contribution in [2.75, 3.05) is 20.2 Å². The smallest absolute Gasteiger partial charge is 0.329 e. The number of carbonyl (C=O) groups is 3. The van der Waals surface area contributed by atoms with Crippen molar-refractivity contribution in [3.05, 3.63) is 47.5 Å². The Hall–Kier alpha value is -3.67. The number of aromatic hydroxyl groups is 2. The topological polar surface area (TPSA) is 188 Å². The van der Waals surface area contributed by atoms with Gasteiger partial charge in [-0.15, -0.1) is 0 Å². The van der Waals surface area contributed by atoms with Gasteiger partial charge in [0.25, 0.3) is 0 Å². The average molecular weight is 543 g/mol. The van der Waals surface area contributed by atoms with Crippen molar-refractivity contribution in [2.24, 2.45) is 17.4 Å². The van der Waals surface area contributed by atoms with E-state index in [1.165, 1.54) is 19.2 Å². The number of aliphatic hydroxyl groups is 1. The van der Waals surface area contributed by atoms with Crippen LogP contribution in [0.5, 0.6) is 11.5 Å². The van der Waals surface area contributed by atoms with E-state index >= 15 is 0 Å². The van der Waals surface area contributed by atoms with Crippen molar-refractivity contribution in [2.45, 2.75) is 57.3 Å². The molecule has 11 heteroatoms. The molecule has 0 spiro atoms. The van der Waals surface area contributed by atoms with Gasteiger partial charge in [-0.05, 0) is 52.4 Å². The van der Waals surface area contributed by atoms with E-state index in [2.05, 4.69) is 5.32 Å². The predicted octanol–water partition coefficient (Wildman–Crippen LogP) is 0.411. The molecule has 0 saturated carbocycles. The number of amides is 2. The van der Waals surface area contributed by atoms with Crippen LogP contribution in [0.2, 0.25) is 0 Å². The van der Waals surface area contributed by atoms with Crippen molar-refractivity contribution < 1.29 is 34.4 Å². The van der Waals surface area contributed by atoms with E-state index in [0.717, 1.165) is 4.90 Å². The third-order valence-electron chi connectivity index (χ3n) is 6.72. The summed E-state index contributed by atoms with van der Waals surface area (Å²) in [6.45, 7) is 3.73. The van der Waals surface area contributed by atoms with Gasteiger partial charge in [-0.2, -0.15) is 0 Å². The number of benzene rings is 2. The summed E-state index contributed by atoms with van der Waals surface area (Å²) in [6.07, 6.45) is -1.44. The maximum atomic E-state index is 13.7. The van der Waals surface area contributed by atoms with Crippen LogP contribution in [-0.4, -0.2) is 82.4 Å². The third-order valence-corrected chi connectivity index (χ3v) is 6.72. The molecule has 4 bridgehead atoms. The summed E-state index contributed by atoms with van der Waals surface area (Å²) >= 11 is 0. The predicted molar refractivity (Wildman–Crippen MR) is 145 cm³/mol. The lowest BCUT2D eigenvalue weighted by molar-refractivity contribution is -0.156. The maximum absolute atomic E-state index is 13.7. The largest absolute Gasteiger partial charge is 0.508 e. The molecular formula is C28H38N4O7. The molecule has 0 saturated heterocycles. The number of ether oxygens (including phenoxy) is 1. The quantitative estimate of drug-likeness (QED) is 0.281. The number of nitrogens with two attached hydrogens (primary N) is 2. The molecule has 0 fully saturated rings. The van der Waals surface area contributed by atoms with Gasteiger partial charge >= 0.3 is 5.97 Å². The fraction of sp³-hybridized carbons (Fsp3) is 0.464. The zero-order valence-corrected chi connectivity index (χ0v) is 22.5. The summed E-state index contributed by atoms with van der Waals surface area (Å²) in [5.74, 6) is -2.10. The molecule has 2 aromatic carbocycles. The number of phenols is 2. The SMILES string of the molecule is CC(C)COC(=O)[C@@H]1Cc2cc(ccc2O)-c2ccc(O)c(c2)C[C@H](N)C(=O)N[C@@H](C[C@@H](O)CN)C(=O)N1C. The molecule has 212 valence electrons. The Balaban J connectivity index is 2.14. The Kier molecular flexibility index (Phi) is 9.90. The van der Waals surface area contributed by atoms with Crippen molar-refractivity contribution in [1.29, 1.82) is 0 Å². The summed E-state index contributed by atoms with van der Waals surface area (Å²) in [7, 11) is 1.40. The minimum absolute atomic E-state index is 0.0310. The lowest BCUT2D eigenvalue weighted by atomic mass is 9.95. The molecule has 8 N–H and O–H groups in total. The Labute approximate surface area is 227 Å². The first kappa shape index (κ1) is 29.9. The number of likely N-dealkylation sites (N-methyl/N-ethyl adjacent to an activating group) is 1. The molecule has 1 aliphatic rings. The molecule has 1 heterocycles. The fourth-order valence-corrected chi connectivity index (χ4v) is 4.39. The second-order valence-corrected chi connectivity index (χ2v) is 10.4. The van der Waals surface area contributed by atoms with Gasteiger partial charge in [0, 0.05) is 32.9 Å². The van der Waals surface area contributed by atoms with Crippen LogP contribution >= 0.6 is 0 Å². The number of aliphatic hydroxyl groups excluding tert-OH is 1. The summed E-state index contributed by atoms with van der Waals surface area (Å²) in [6, 6.07) is 6.21. The van der Waals surface area contributed by atoms with E-state index < -0.39 is 42.0 Å². The number of nitrogens with one attached hydrogen (secondary N) is 1. The minimum atomic E-state index is -1.25. The Morgan fingerprint density at radius 2 is 1.64 bits per heavy atom. The fourth-order valence-electron chi connectivity index (χ4n) is 4.39. The number of phenolic OH excluding ortho intramolecular Hbond substituents is 2. The van der Waals surface area contributed by atoms with Crippen molar-refractivity contribution in [3.63, 3.8) is 0 Å². The van der Waals surface area contributed by atoms with E-state index in [0.29, 0.717) is 22.3 Å². The highest BCUT2D eigenvalue weighted by atomic mass is 16.5. The normalized spacial score (nSPS) is 21.1. The third kappa shape index (κ3) is 7.47. The number of carbonyl (C=O) groups excluding carboxylic acids is 3. The second kappa shape index (κ2) is 12.9. The van der Waals surface area contributed by atoms with E-state index in [1.807, 2.05) is 13.8 Å². The lowest BCUT2D eigenvalue weighted by Gasteiger charge is -2.32. The molecular weight excluding hydrogens is 504 g/mol. The summed E-state index contributed by atoms with van der Waals surface area (Å²) in [4.78, 5) is 41.1. The average Bonchev–Trinajstić information content (AvgIpc) is 2.90. The van der Waals surface area contributed by atoms with Gasteiger partial charge < -0.3 is 41.7 Å². The molecule has 0 unspecified atom stereocenters. The highest BCUT2D eigenvalue weighted by molar-refractivity contribution is 5.92. The number of fused-ring (bicyclic) bond motifs is 5. The summed E-state index contributed by atoms with van der Waals surface area (Å²) < 4.78 is 5.47. The van der Waals surface area contributed by atoms with E-state index in [4.69, 9.17) is 16.2 Å². The monoisotopic (exact) mass is 542 g/mol. The molecule has 2 amide bonds. The highest BCUT2D eigenvalue weighted by Crippen LogP contribution is 2.31. The van der Waals surface area contributed by atoms with Gasteiger partial charge in [-0.1, -0.05) is 26.0 Å². The molecule has 0 aromatic heterocycles. The van der Waals surface area contributed by atoms with Crippen LogP contribution in [-0.2, 0) is 32.0 Å². The molecule has 4 atom stereocenters. The van der Waals surface area contributed by atoms with E-state index in [-0.39, 0.29) is 49.8 Å². The van der Waals surface area contributed by atoms with Crippen molar-refractivity contribution in [3.8, 4) is 22.6 Å². The van der Waals surface area contributed by atoms with Crippen LogP contribution in [0.3, 0.4) is 0 Å². The lowest BCUT2D eigenvalue weighted by Crippen LogP contribution is -2.56. The standard InChI is InChI=1S/C28H38N4O7/c1-15(2)14-39-28(38)23-11-19-9-17(5-7-25(19)35)16-4-6-24(34)18(8-16)10-21(30)26(36)31-22(12-20(33)13-29)27(37)32(23)3/h4-9,15,20-23,33-35H,10-14,29-30H2,1-3H3,(H,31,36)/t20-,21+,22+,23+/m1/s1. The Bertz CT molecular complexity index is 1200. The van der Waals surface area contributed by atoms with Gasteiger partial charge in [0.1, 0.15) is 23.6 Å². The van der Waals surface area contributed by atoms with Gasteiger partial charge in [-0.25, -0.2) is 4.79 Å². The molecule has 2 aromatic rings. The Morgan fingerprint density at radius 1 is 1.08 bits per heavy atom. The highest BCUT2D eigenvalue weighted by Gasteiger charge is 2.35. The molecule has 0 aliphatic carbocycles. The first-order valence-electron chi connectivity index (χ1n) is 12.9. The van der Waals surface area contributed by atoms with Crippen molar-refractivity contribution >= 4 is 17.8 Å². The zero-order valence-electron chi connectivity index (χ0n) is 22.5. The second-order valence-electron chi connectivity index (χ2n) is 10.4. The minimum Gasteiger partial charge on any atom is -0.508 e. The van der Waals surface area contributed by atoms with Crippen LogP contribution in [0.25, 0.3) is 11.1 Å². The number of esters is 1. The van der Waals surface area contributed by atoms with Crippen LogP contribution < -0.4 is 16.8 Å². The van der Waals surface area contributed by atoms with Crippen LogP contribution in [0.15, 0.2) is 36.4 Å². The first-order valence-corrected chi connectivity index (χ1v) is 12.9. The van der Waals surface area contributed by atoms with Gasteiger partial charge in [-0.3, -0.25) is 9.59 Å². The van der Waals surface area contributed by atoms with Gasteiger partial charge in [0.2, 0.25) is 11.8 Å². The first-order chi connectivity index (χ1) is 18.4. The number of hydrogen-bond donors (Lipinski definition) is 6. The number of rotatable bonds is 6. The molecule has 3 rings (SSSR count). The summed E-state index contributed by atoms with van der Waals surface area (Å²) in [5, 5.41) is 33.9. The Morgan fingerprint density at radius 3 is 2.18 bits per heavy atom. The maximum Gasteiger partial charge on any atom is 0.329 e. The summed E-state index contributed by atoms with van der Waals surface area (Å²) in [5.41, 5.74) is 13.9. The molecule has 1 aliphatic heterocycles. The van der Waals surface area contributed by atoms with Crippen LogP contribution in [0, 0.1) is 5.92 Å². The van der Waals surface area contributed by atoms with E-state index in [1.54, 1.807) is 24.3 Å². The molecule has 11 nitrogen and oxygen atoms in total. The van der Waals surface area contributed by atoms with Gasteiger partial charge in [0.05, 0.1) is 18.8 Å².